The highest BCUT2D eigenvalue weighted by molar-refractivity contribution is 5.93. The van der Waals surface area contributed by atoms with Gasteiger partial charge in [0.15, 0.2) is 0 Å². The van der Waals surface area contributed by atoms with Gasteiger partial charge in [0.05, 0.1) is 0 Å². The molecule has 0 spiro atoms. The van der Waals surface area contributed by atoms with Crippen molar-refractivity contribution >= 4 is 22.4 Å². The molecule has 0 saturated carbocycles. The fraction of sp³-hybridized carbons (Fsp3) is 0.261. The minimum atomic E-state index is 0.192. The van der Waals surface area contributed by atoms with Crippen molar-refractivity contribution in [2.75, 3.05) is 25.0 Å². The lowest BCUT2D eigenvalue weighted by Crippen LogP contribution is -2.28. The summed E-state index contributed by atoms with van der Waals surface area (Å²) in [5, 5.41) is 5.82. The van der Waals surface area contributed by atoms with Crippen molar-refractivity contribution in [1.82, 2.24) is 5.32 Å². The highest BCUT2D eigenvalue weighted by Crippen LogP contribution is 2.27. The fourth-order valence-electron chi connectivity index (χ4n) is 3.66. The number of fused-ring (bicyclic) bond motifs is 1. The third kappa shape index (κ3) is 3.49. The first kappa shape index (κ1) is 16.8. The molecule has 1 aliphatic heterocycles. The number of carbonyl (C=O) groups excluding carboxylic acids is 1. The number of anilines is 1. The average molecular weight is 344 g/mol. The largest absolute Gasteiger partial charge is 0.316 e. The number of benzene rings is 3. The predicted octanol–water partition coefficient (Wildman–Crippen LogP) is 4.47. The van der Waals surface area contributed by atoms with E-state index >= 15 is 0 Å². The maximum absolute atomic E-state index is 12.5. The third-order valence-corrected chi connectivity index (χ3v) is 5.34. The molecule has 1 saturated heterocycles. The van der Waals surface area contributed by atoms with E-state index in [0.717, 1.165) is 25.2 Å². The van der Waals surface area contributed by atoms with Gasteiger partial charge >= 0.3 is 0 Å². The molecule has 3 aromatic rings. The Morgan fingerprint density at radius 1 is 1.00 bits per heavy atom. The van der Waals surface area contributed by atoms with Crippen LogP contribution in [0.25, 0.3) is 21.9 Å². The van der Waals surface area contributed by atoms with Gasteiger partial charge < -0.3 is 10.2 Å². The standard InChI is InChI=1S/C23H24N2O/c1-25(23(26)14-17-12-13-24-16-17)22-10-8-19(9-11-22)21-7-6-18-4-2-3-5-20(18)15-21/h2-11,15,17,24H,12-14,16H2,1H3/t17-/m0/s1. The molecule has 0 radical (unpaired) electrons. The minimum absolute atomic E-state index is 0.192. The van der Waals surface area contributed by atoms with Gasteiger partial charge in [-0.15, -0.1) is 0 Å². The van der Waals surface area contributed by atoms with Gasteiger partial charge in [-0.05, 0) is 65.5 Å². The first-order valence-electron chi connectivity index (χ1n) is 9.27. The predicted molar refractivity (Wildman–Crippen MR) is 108 cm³/mol. The van der Waals surface area contributed by atoms with Gasteiger partial charge in [-0.3, -0.25) is 4.79 Å². The SMILES string of the molecule is CN(C(=O)C[C@@H]1CCNC1)c1ccc(-c2ccc3ccccc3c2)cc1. The van der Waals surface area contributed by atoms with Crippen LogP contribution >= 0.6 is 0 Å². The second-order valence-electron chi connectivity index (χ2n) is 7.12. The first-order chi connectivity index (χ1) is 12.7. The highest BCUT2D eigenvalue weighted by Gasteiger charge is 2.20. The summed E-state index contributed by atoms with van der Waals surface area (Å²) in [6.45, 7) is 1.99. The molecule has 0 aromatic heterocycles. The number of hydrogen-bond acceptors (Lipinski definition) is 2. The second kappa shape index (κ2) is 7.30. The molecule has 26 heavy (non-hydrogen) atoms. The average Bonchev–Trinajstić information content (AvgIpc) is 3.20. The van der Waals surface area contributed by atoms with Crippen molar-refractivity contribution in [1.29, 1.82) is 0 Å². The van der Waals surface area contributed by atoms with Crippen LogP contribution in [0.1, 0.15) is 12.8 Å². The van der Waals surface area contributed by atoms with Crippen molar-refractivity contribution in [3.63, 3.8) is 0 Å². The zero-order chi connectivity index (χ0) is 17.9. The fourth-order valence-corrected chi connectivity index (χ4v) is 3.66. The number of carbonyl (C=O) groups is 1. The third-order valence-electron chi connectivity index (χ3n) is 5.34. The summed E-state index contributed by atoms with van der Waals surface area (Å²) in [7, 11) is 1.87. The van der Waals surface area contributed by atoms with E-state index in [1.165, 1.54) is 21.9 Å². The monoisotopic (exact) mass is 344 g/mol. The molecule has 132 valence electrons. The number of hydrogen-bond donors (Lipinski definition) is 1. The molecule has 3 nitrogen and oxygen atoms in total. The molecular formula is C23H24N2O. The summed E-state index contributed by atoms with van der Waals surface area (Å²) in [4.78, 5) is 14.3. The second-order valence-corrected chi connectivity index (χ2v) is 7.12. The van der Waals surface area contributed by atoms with Crippen molar-refractivity contribution in [3.8, 4) is 11.1 Å². The molecule has 1 N–H and O–H groups in total. The van der Waals surface area contributed by atoms with Crippen molar-refractivity contribution < 1.29 is 4.79 Å². The van der Waals surface area contributed by atoms with E-state index in [1.54, 1.807) is 4.90 Å². The summed E-state index contributed by atoms with van der Waals surface area (Å²) in [6, 6.07) is 23.2. The molecule has 1 fully saturated rings. The lowest BCUT2D eigenvalue weighted by molar-refractivity contribution is -0.119. The van der Waals surface area contributed by atoms with Crippen LogP contribution in [0, 0.1) is 5.92 Å². The Morgan fingerprint density at radius 2 is 1.73 bits per heavy atom. The van der Waals surface area contributed by atoms with Crippen LogP contribution in [0.15, 0.2) is 66.7 Å². The van der Waals surface area contributed by atoms with Crippen LogP contribution in [0.5, 0.6) is 0 Å². The van der Waals surface area contributed by atoms with E-state index < -0.39 is 0 Å². The zero-order valence-electron chi connectivity index (χ0n) is 15.1. The van der Waals surface area contributed by atoms with E-state index in [2.05, 4.69) is 59.9 Å². The topological polar surface area (TPSA) is 32.3 Å². The van der Waals surface area contributed by atoms with Crippen LogP contribution in [0.2, 0.25) is 0 Å². The number of nitrogens with one attached hydrogen (secondary N) is 1. The van der Waals surface area contributed by atoms with Gasteiger partial charge in [0.1, 0.15) is 0 Å². The van der Waals surface area contributed by atoms with Gasteiger partial charge in [0.25, 0.3) is 0 Å². The number of rotatable bonds is 4. The molecule has 1 atom stereocenters. The van der Waals surface area contributed by atoms with Crippen molar-refractivity contribution in [3.05, 3.63) is 66.7 Å². The van der Waals surface area contributed by atoms with E-state index in [9.17, 15) is 4.79 Å². The van der Waals surface area contributed by atoms with Crippen LogP contribution < -0.4 is 10.2 Å². The number of amides is 1. The van der Waals surface area contributed by atoms with Gasteiger partial charge in [0.2, 0.25) is 5.91 Å². The van der Waals surface area contributed by atoms with Crippen molar-refractivity contribution in [2.45, 2.75) is 12.8 Å². The maximum Gasteiger partial charge on any atom is 0.227 e. The van der Waals surface area contributed by atoms with Crippen molar-refractivity contribution in [2.24, 2.45) is 5.92 Å². The summed E-state index contributed by atoms with van der Waals surface area (Å²) in [6.07, 6.45) is 1.72. The lowest BCUT2D eigenvalue weighted by Gasteiger charge is -2.19. The van der Waals surface area contributed by atoms with Crippen LogP contribution in [0.4, 0.5) is 5.69 Å². The molecule has 3 heteroatoms. The van der Waals surface area contributed by atoms with Gasteiger partial charge in [0, 0.05) is 19.2 Å². The Labute approximate surface area is 154 Å². The highest BCUT2D eigenvalue weighted by atomic mass is 16.2. The van der Waals surface area contributed by atoms with Crippen LogP contribution in [-0.2, 0) is 4.79 Å². The van der Waals surface area contributed by atoms with Gasteiger partial charge in [-0.1, -0.05) is 48.5 Å². The quantitative estimate of drug-likeness (QED) is 0.757. The lowest BCUT2D eigenvalue weighted by atomic mass is 10.0. The maximum atomic E-state index is 12.5. The van der Waals surface area contributed by atoms with E-state index in [1.807, 2.05) is 19.2 Å². The normalized spacial score (nSPS) is 16.7. The molecule has 3 aromatic carbocycles. The summed E-state index contributed by atoms with van der Waals surface area (Å²) < 4.78 is 0. The zero-order valence-corrected chi connectivity index (χ0v) is 15.1. The Hall–Kier alpha value is -2.65. The smallest absolute Gasteiger partial charge is 0.227 e. The molecular weight excluding hydrogens is 320 g/mol. The Bertz CT molecular complexity index is 911. The molecule has 0 bridgehead atoms. The Morgan fingerprint density at radius 3 is 2.46 bits per heavy atom. The Balaban J connectivity index is 1.50. The van der Waals surface area contributed by atoms with Gasteiger partial charge in [-0.25, -0.2) is 0 Å². The molecule has 0 aliphatic carbocycles. The number of nitrogens with zero attached hydrogens (tertiary/aromatic N) is 1. The first-order valence-corrected chi connectivity index (χ1v) is 9.27. The molecule has 0 unspecified atom stereocenters. The summed E-state index contributed by atoms with van der Waals surface area (Å²) in [5.74, 6) is 0.666. The van der Waals surface area contributed by atoms with E-state index in [4.69, 9.17) is 0 Å². The van der Waals surface area contributed by atoms with Crippen LogP contribution in [0.3, 0.4) is 0 Å². The van der Waals surface area contributed by atoms with E-state index in [-0.39, 0.29) is 5.91 Å². The molecule has 4 rings (SSSR count). The molecule has 1 amide bonds. The minimum Gasteiger partial charge on any atom is -0.316 e. The summed E-state index contributed by atoms with van der Waals surface area (Å²) in [5.41, 5.74) is 3.31. The van der Waals surface area contributed by atoms with Crippen LogP contribution in [-0.4, -0.2) is 26.0 Å². The molecule has 1 heterocycles. The van der Waals surface area contributed by atoms with E-state index in [0.29, 0.717) is 12.3 Å². The Kier molecular flexibility index (Phi) is 4.72. The summed E-state index contributed by atoms with van der Waals surface area (Å²) >= 11 is 0. The molecule has 1 aliphatic rings. The van der Waals surface area contributed by atoms with Gasteiger partial charge in [-0.2, -0.15) is 0 Å².